The first kappa shape index (κ1) is 28.3. The van der Waals surface area contributed by atoms with E-state index in [0.717, 1.165) is 6.07 Å². The van der Waals surface area contributed by atoms with Crippen molar-refractivity contribution >= 4 is 21.9 Å². The third-order valence-corrected chi connectivity index (χ3v) is 6.86. The summed E-state index contributed by atoms with van der Waals surface area (Å²) in [5.74, 6) is -1.36. The topological polar surface area (TPSA) is 238 Å². The summed E-state index contributed by atoms with van der Waals surface area (Å²) < 4.78 is 32.9. The van der Waals surface area contributed by atoms with Gasteiger partial charge in [-0.15, -0.1) is 0 Å². The van der Waals surface area contributed by atoms with Crippen molar-refractivity contribution in [1.82, 2.24) is 0 Å². The largest absolute Gasteiger partial charge is 0.504 e. The molecule has 2 fully saturated rings. The number of aliphatic hydroxyl groups excluding tert-OH is 6. The highest BCUT2D eigenvalue weighted by molar-refractivity contribution is 5.97. The Balaban J connectivity index is 1.45. The van der Waals surface area contributed by atoms with Gasteiger partial charge in [0.05, 0.1) is 20.3 Å². The third kappa shape index (κ3) is 4.91. The average Bonchev–Trinajstić information content (AvgIpc) is 2.93. The molecule has 0 radical (unpaired) electrons. The van der Waals surface area contributed by atoms with Gasteiger partial charge >= 0.3 is 0 Å². The van der Waals surface area contributed by atoms with Gasteiger partial charge in [0.2, 0.25) is 11.7 Å². The molecule has 3 aromatic rings. The minimum atomic E-state index is -1.83. The Labute approximate surface area is 224 Å². The molecular formula is C25H28O15. The lowest BCUT2D eigenvalue weighted by atomic mass is 9.99. The molecule has 15 nitrogen and oxygen atoms in total. The van der Waals surface area contributed by atoms with Crippen LogP contribution in [0.5, 0.6) is 23.0 Å². The summed E-state index contributed by atoms with van der Waals surface area (Å²) in [4.78, 5) is 13.4. The van der Waals surface area contributed by atoms with E-state index in [1.54, 1.807) is 0 Å². The Hall–Kier alpha value is -3.25. The minimum Gasteiger partial charge on any atom is -0.504 e. The van der Waals surface area contributed by atoms with Crippen molar-refractivity contribution in [3.05, 3.63) is 34.5 Å². The zero-order chi connectivity index (χ0) is 28.9. The smallest absolute Gasteiger partial charge is 0.229 e. The van der Waals surface area contributed by atoms with Crippen LogP contribution in [0.2, 0.25) is 0 Å². The molecule has 0 aliphatic carbocycles. The number of phenols is 2. The average molecular weight is 568 g/mol. The molecule has 15 heteroatoms. The molecule has 2 aliphatic heterocycles. The third-order valence-electron chi connectivity index (χ3n) is 6.86. The van der Waals surface area contributed by atoms with Gasteiger partial charge in [0.15, 0.2) is 17.8 Å². The maximum absolute atomic E-state index is 13.4. The quantitative estimate of drug-likeness (QED) is 0.119. The SMILES string of the molecule is COc1cc(OC2OC(COC3OCC(O)C(O)C3O)C(O)C(O)C2O)c2c(=O)c3c(O)c(O)ccc3oc2c1. The Morgan fingerprint density at radius 1 is 0.875 bits per heavy atom. The molecule has 218 valence electrons. The number of rotatable bonds is 6. The summed E-state index contributed by atoms with van der Waals surface area (Å²) in [5.41, 5.74) is -0.870. The van der Waals surface area contributed by atoms with Crippen LogP contribution < -0.4 is 14.9 Å². The molecule has 0 amide bonds. The normalized spacial score (nSPS) is 32.8. The number of hydrogen-bond acceptors (Lipinski definition) is 15. The summed E-state index contributed by atoms with van der Waals surface area (Å²) in [6.07, 6.45) is -14.3. The van der Waals surface area contributed by atoms with Crippen molar-refractivity contribution in [2.45, 2.75) is 55.3 Å². The lowest BCUT2D eigenvalue weighted by molar-refractivity contribution is -0.307. The van der Waals surface area contributed by atoms with E-state index in [2.05, 4.69) is 0 Å². The summed E-state index contributed by atoms with van der Waals surface area (Å²) >= 11 is 0. The van der Waals surface area contributed by atoms with E-state index in [4.69, 9.17) is 28.1 Å². The Morgan fingerprint density at radius 3 is 2.33 bits per heavy atom. The summed E-state index contributed by atoms with van der Waals surface area (Å²) in [6, 6.07) is 5.07. The van der Waals surface area contributed by atoms with Gasteiger partial charge in [0, 0.05) is 12.1 Å². The van der Waals surface area contributed by atoms with Gasteiger partial charge < -0.3 is 69.0 Å². The molecule has 3 heterocycles. The Morgan fingerprint density at radius 2 is 1.60 bits per heavy atom. The number of aromatic hydroxyl groups is 2. The van der Waals surface area contributed by atoms with Crippen LogP contribution in [-0.4, -0.2) is 116 Å². The van der Waals surface area contributed by atoms with Crippen LogP contribution in [0.25, 0.3) is 21.9 Å². The van der Waals surface area contributed by atoms with Crippen molar-refractivity contribution in [3.63, 3.8) is 0 Å². The van der Waals surface area contributed by atoms with Gasteiger partial charge in [-0.3, -0.25) is 4.79 Å². The maximum Gasteiger partial charge on any atom is 0.229 e. The lowest BCUT2D eigenvalue weighted by Crippen LogP contribution is -2.61. The Kier molecular flexibility index (Phi) is 7.75. The first-order chi connectivity index (χ1) is 19.0. The van der Waals surface area contributed by atoms with Gasteiger partial charge in [-0.2, -0.15) is 0 Å². The van der Waals surface area contributed by atoms with E-state index in [0.29, 0.717) is 0 Å². The molecule has 5 rings (SSSR count). The summed E-state index contributed by atoms with van der Waals surface area (Å²) in [6.45, 7) is -0.855. The van der Waals surface area contributed by atoms with Gasteiger partial charge in [0.1, 0.15) is 76.2 Å². The number of benzene rings is 2. The molecular weight excluding hydrogens is 540 g/mol. The number of hydrogen-bond donors (Lipinski definition) is 8. The summed E-state index contributed by atoms with van der Waals surface area (Å²) in [5, 5.41) is 80.6. The monoisotopic (exact) mass is 568 g/mol. The number of fused-ring (bicyclic) bond motifs is 2. The first-order valence-electron chi connectivity index (χ1n) is 12.1. The van der Waals surface area contributed by atoms with Crippen LogP contribution in [0, 0.1) is 0 Å². The number of methoxy groups -OCH3 is 1. The van der Waals surface area contributed by atoms with Crippen molar-refractivity contribution < 1.29 is 69.0 Å². The van der Waals surface area contributed by atoms with Crippen LogP contribution in [0.4, 0.5) is 0 Å². The molecule has 2 aromatic carbocycles. The fraction of sp³-hybridized carbons (Fsp3) is 0.480. The van der Waals surface area contributed by atoms with Crippen LogP contribution in [0.1, 0.15) is 0 Å². The van der Waals surface area contributed by atoms with Crippen LogP contribution in [-0.2, 0) is 14.2 Å². The minimum absolute atomic E-state index is 0.0353. The maximum atomic E-state index is 13.4. The highest BCUT2D eigenvalue weighted by Gasteiger charge is 2.46. The molecule has 40 heavy (non-hydrogen) atoms. The van der Waals surface area contributed by atoms with Gasteiger partial charge in [-0.1, -0.05) is 0 Å². The predicted molar refractivity (Wildman–Crippen MR) is 131 cm³/mol. The fourth-order valence-corrected chi connectivity index (χ4v) is 4.58. The van der Waals surface area contributed by atoms with Crippen molar-refractivity contribution in [1.29, 1.82) is 0 Å². The van der Waals surface area contributed by atoms with Crippen LogP contribution in [0.15, 0.2) is 33.5 Å². The van der Waals surface area contributed by atoms with Crippen molar-refractivity contribution in [3.8, 4) is 23.0 Å². The second kappa shape index (κ2) is 11.0. The standard InChI is InChI=1S/C25H28O15/c1-35-8-4-12-15(20(31)16-11(38-12)3-2-9(26)17(16)28)13(5-8)39-25-23(34)21(32)19(30)14(40-25)7-37-24-22(33)18(29)10(27)6-36-24/h2-5,10,14,18-19,21-30,32-34H,6-7H2,1H3. The zero-order valence-electron chi connectivity index (χ0n) is 20.9. The highest BCUT2D eigenvalue weighted by atomic mass is 16.7. The molecule has 9 atom stereocenters. The van der Waals surface area contributed by atoms with Crippen molar-refractivity contribution in [2.75, 3.05) is 20.3 Å². The van der Waals surface area contributed by atoms with E-state index >= 15 is 0 Å². The van der Waals surface area contributed by atoms with Crippen LogP contribution in [0.3, 0.4) is 0 Å². The second-order valence-electron chi connectivity index (χ2n) is 9.45. The van der Waals surface area contributed by atoms with E-state index in [9.17, 15) is 45.6 Å². The molecule has 9 unspecified atom stereocenters. The number of aliphatic hydroxyl groups is 6. The van der Waals surface area contributed by atoms with Gasteiger partial charge in [0.25, 0.3) is 0 Å². The van der Waals surface area contributed by atoms with Crippen molar-refractivity contribution in [2.24, 2.45) is 0 Å². The van der Waals surface area contributed by atoms with Gasteiger partial charge in [-0.25, -0.2) is 0 Å². The van der Waals surface area contributed by atoms with E-state index in [1.807, 2.05) is 0 Å². The predicted octanol–water partition coefficient (Wildman–Crippen LogP) is -1.99. The highest BCUT2D eigenvalue weighted by Crippen LogP contribution is 2.38. The molecule has 0 saturated carbocycles. The molecule has 2 saturated heterocycles. The first-order valence-corrected chi connectivity index (χ1v) is 12.1. The molecule has 0 bridgehead atoms. The molecule has 8 N–H and O–H groups in total. The lowest BCUT2D eigenvalue weighted by Gasteiger charge is -2.41. The van der Waals surface area contributed by atoms with E-state index in [-0.39, 0.29) is 40.0 Å². The number of ether oxygens (including phenoxy) is 5. The molecule has 2 aliphatic rings. The molecule has 0 spiro atoms. The molecule has 1 aromatic heterocycles. The number of phenolic OH excluding ortho intramolecular Hbond substituents is 2. The zero-order valence-corrected chi connectivity index (χ0v) is 20.9. The Bertz CT molecular complexity index is 1440. The summed E-state index contributed by atoms with van der Waals surface area (Å²) in [7, 11) is 1.34. The second-order valence-corrected chi connectivity index (χ2v) is 9.45. The van der Waals surface area contributed by atoms with Crippen LogP contribution >= 0.6 is 0 Å². The fourth-order valence-electron chi connectivity index (χ4n) is 4.58. The van der Waals surface area contributed by atoms with Gasteiger partial charge in [-0.05, 0) is 12.1 Å². The van der Waals surface area contributed by atoms with E-state index < -0.39 is 78.8 Å². The van der Waals surface area contributed by atoms with E-state index in [1.165, 1.54) is 25.3 Å².